The quantitative estimate of drug-likeness (QED) is 0.217. The highest BCUT2D eigenvalue weighted by molar-refractivity contribution is 7.99. The molecule has 0 bridgehead atoms. The molecule has 1 amide bonds. The van der Waals surface area contributed by atoms with Crippen LogP contribution in [0.2, 0.25) is 0 Å². The average Bonchev–Trinajstić information content (AvgIpc) is 2.73. The fourth-order valence-corrected chi connectivity index (χ4v) is 4.45. The SMILES string of the molecule is CC(=O)OC[C@H]1O[C@H](SCCCCCNC(=O)C(F)(F)F)[C@@H](OC(C)=O)[C@@H](OC(C)=O)[C@@H]1OC(C)=O. The highest BCUT2D eigenvalue weighted by atomic mass is 32.2. The van der Waals surface area contributed by atoms with Crippen LogP contribution in [-0.4, -0.2) is 84.7 Å². The van der Waals surface area contributed by atoms with Gasteiger partial charge in [-0.25, -0.2) is 0 Å². The third kappa shape index (κ3) is 11.5. The molecule has 1 N–H and O–H groups in total. The van der Waals surface area contributed by atoms with Gasteiger partial charge in [-0.1, -0.05) is 6.42 Å². The molecule has 5 atom stereocenters. The molecule has 1 aliphatic heterocycles. The van der Waals surface area contributed by atoms with Gasteiger partial charge in [0, 0.05) is 34.2 Å². The Morgan fingerprint density at radius 2 is 1.36 bits per heavy atom. The molecule has 0 spiro atoms. The third-order valence-electron chi connectivity index (χ3n) is 4.59. The molecule has 0 aromatic heterocycles. The fourth-order valence-electron chi connectivity index (χ4n) is 3.23. The van der Waals surface area contributed by atoms with Crippen LogP contribution in [0.25, 0.3) is 0 Å². The summed E-state index contributed by atoms with van der Waals surface area (Å²) >= 11 is 1.17. The Balaban J connectivity index is 2.89. The molecule has 206 valence electrons. The Morgan fingerprint density at radius 1 is 0.806 bits per heavy atom. The first-order chi connectivity index (χ1) is 16.7. The summed E-state index contributed by atoms with van der Waals surface area (Å²) in [6.07, 6.45) is -8.42. The molecule has 0 radical (unpaired) electrons. The van der Waals surface area contributed by atoms with Crippen LogP contribution in [0.1, 0.15) is 47.0 Å². The van der Waals surface area contributed by atoms with E-state index < -0.39 is 65.8 Å². The second kappa shape index (κ2) is 14.9. The molecule has 1 saturated heterocycles. The van der Waals surface area contributed by atoms with Crippen molar-refractivity contribution >= 4 is 41.5 Å². The zero-order chi connectivity index (χ0) is 27.5. The summed E-state index contributed by atoms with van der Waals surface area (Å²) in [7, 11) is 0. The lowest BCUT2D eigenvalue weighted by molar-refractivity contribution is -0.237. The number of hydrogen-bond donors (Lipinski definition) is 1. The van der Waals surface area contributed by atoms with E-state index in [9.17, 15) is 37.1 Å². The van der Waals surface area contributed by atoms with E-state index in [0.717, 1.165) is 27.7 Å². The Bertz CT molecular complexity index is 794. The predicted octanol–water partition coefficient (Wildman–Crippen LogP) is 1.65. The van der Waals surface area contributed by atoms with Gasteiger partial charge in [-0.15, -0.1) is 11.8 Å². The molecule has 0 unspecified atom stereocenters. The number of rotatable bonds is 12. The molecule has 0 aromatic carbocycles. The van der Waals surface area contributed by atoms with Gasteiger partial charge in [0.2, 0.25) is 0 Å². The molecule has 0 aliphatic carbocycles. The fraction of sp³-hybridized carbons (Fsp3) is 0.762. The van der Waals surface area contributed by atoms with Gasteiger partial charge in [-0.05, 0) is 18.6 Å². The van der Waals surface area contributed by atoms with Crippen molar-refractivity contribution in [3.63, 3.8) is 0 Å². The molecule has 1 rings (SSSR count). The number of esters is 4. The van der Waals surface area contributed by atoms with Gasteiger partial charge < -0.3 is 29.0 Å². The normalized spacial score (nSPS) is 23.8. The number of hydrogen-bond acceptors (Lipinski definition) is 11. The van der Waals surface area contributed by atoms with E-state index in [2.05, 4.69) is 0 Å². The molecular weight excluding hydrogens is 515 g/mol. The summed E-state index contributed by atoms with van der Waals surface area (Å²) in [5.74, 6) is -4.44. The Labute approximate surface area is 210 Å². The van der Waals surface area contributed by atoms with E-state index in [-0.39, 0.29) is 13.2 Å². The largest absolute Gasteiger partial charge is 0.471 e. The second-order valence-corrected chi connectivity index (χ2v) is 8.96. The first-order valence-electron chi connectivity index (χ1n) is 11.0. The topological polar surface area (TPSA) is 144 Å². The smallest absolute Gasteiger partial charge is 0.463 e. The summed E-state index contributed by atoms with van der Waals surface area (Å²) in [5, 5.41) is 1.78. The van der Waals surface area contributed by atoms with Crippen molar-refractivity contribution in [2.24, 2.45) is 0 Å². The number of amides is 1. The highest BCUT2D eigenvalue weighted by Crippen LogP contribution is 2.34. The van der Waals surface area contributed by atoms with Crippen LogP contribution in [0, 0.1) is 0 Å². The minimum atomic E-state index is -4.94. The van der Waals surface area contributed by atoms with Crippen molar-refractivity contribution in [2.45, 2.75) is 83.0 Å². The Morgan fingerprint density at radius 3 is 1.89 bits per heavy atom. The maximum Gasteiger partial charge on any atom is 0.471 e. The van der Waals surface area contributed by atoms with Gasteiger partial charge >= 0.3 is 36.0 Å². The molecule has 0 saturated carbocycles. The number of halogens is 3. The first-order valence-corrected chi connectivity index (χ1v) is 12.0. The summed E-state index contributed by atoms with van der Waals surface area (Å²) in [6.45, 7) is 4.04. The highest BCUT2D eigenvalue weighted by Gasteiger charge is 2.52. The number of carbonyl (C=O) groups is 5. The van der Waals surface area contributed by atoms with Gasteiger partial charge in [-0.3, -0.25) is 24.0 Å². The number of thioether (sulfide) groups is 1. The van der Waals surface area contributed by atoms with Crippen LogP contribution in [0.5, 0.6) is 0 Å². The molecule has 15 heteroatoms. The van der Waals surface area contributed by atoms with Crippen LogP contribution in [-0.2, 0) is 47.7 Å². The second-order valence-electron chi connectivity index (χ2n) is 7.75. The van der Waals surface area contributed by atoms with E-state index in [1.807, 2.05) is 0 Å². The first kappa shape index (κ1) is 31.5. The summed E-state index contributed by atoms with van der Waals surface area (Å²) in [5.41, 5.74) is -0.921. The number of carbonyl (C=O) groups excluding carboxylic acids is 5. The van der Waals surface area contributed by atoms with Crippen LogP contribution in [0.3, 0.4) is 0 Å². The zero-order valence-corrected chi connectivity index (χ0v) is 21.1. The minimum absolute atomic E-state index is 0.151. The van der Waals surface area contributed by atoms with E-state index >= 15 is 0 Å². The van der Waals surface area contributed by atoms with Crippen molar-refractivity contribution in [3.05, 3.63) is 0 Å². The van der Waals surface area contributed by atoms with E-state index in [4.69, 9.17) is 23.7 Å². The van der Waals surface area contributed by atoms with Crippen molar-refractivity contribution in [2.75, 3.05) is 18.9 Å². The van der Waals surface area contributed by atoms with Crippen LogP contribution in [0.4, 0.5) is 13.2 Å². The minimum Gasteiger partial charge on any atom is -0.463 e. The summed E-state index contributed by atoms with van der Waals surface area (Å²) in [4.78, 5) is 57.4. The van der Waals surface area contributed by atoms with Crippen molar-refractivity contribution in [3.8, 4) is 0 Å². The molecule has 1 fully saturated rings. The van der Waals surface area contributed by atoms with Crippen molar-refractivity contribution in [1.29, 1.82) is 0 Å². The lowest BCUT2D eigenvalue weighted by Gasteiger charge is -2.44. The monoisotopic (exact) mass is 545 g/mol. The molecule has 36 heavy (non-hydrogen) atoms. The third-order valence-corrected chi connectivity index (χ3v) is 5.83. The number of alkyl halides is 3. The molecule has 1 heterocycles. The summed E-state index contributed by atoms with van der Waals surface area (Å²) in [6, 6.07) is 0. The average molecular weight is 546 g/mol. The predicted molar refractivity (Wildman–Crippen MR) is 117 cm³/mol. The number of ether oxygens (including phenoxy) is 5. The maximum absolute atomic E-state index is 12.2. The molecule has 1 aliphatic rings. The Hall–Kier alpha value is -2.55. The molecule has 11 nitrogen and oxygen atoms in total. The molecule has 0 aromatic rings. The van der Waals surface area contributed by atoms with E-state index in [1.165, 1.54) is 11.8 Å². The van der Waals surface area contributed by atoms with Crippen LogP contribution >= 0.6 is 11.8 Å². The maximum atomic E-state index is 12.2. The van der Waals surface area contributed by atoms with Crippen LogP contribution < -0.4 is 5.32 Å². The van der Waals surface area contributed by atoms with Crippen molar-refractivity contribution < 1.29 is 60.8 Å². The molecular formula is C21H30F3NO10S. The van der Waals surface area contributed by atoms with Gasteiger partial charge in [-0.2, -0.15) is 13.2 Å². The van der Waals surface area contributed by atoms with Gasteiger partial charge in [0.1, 0.15) is 18.1 Å². The van der Waals surface area contributed by atoms with E-state index in [0.29, 0.717) is 25.0 Å². The van der Waals surface area contributed by atoms with E-state index in [1.54, 1.807) is 5.32 Å². The van der Waals surface area contributed by atoms with Gasteiger partial charge in [0.05, 0.1) is 0 Å². The lowest BCUT2D eigenvalue weighted by Crippen LogP contribution is -2.61. The van der Waals surface area contributed by atoms with Gasteiger partial charge in [0.25, 0.3) is 0 Å². The van der Waals surface area contributed by atoms with Crippen LogP contribution in [0.15, 0.2) is 0 Å². The number of unbranched alkanes of at least 4 members (excludes halogenated alkanes) is 2. The Kier molecular flexibility index (Phi) is 13.0. The number of nitrogens with one attached hydrogen (secondary N) is 1. The van der Waals surface area contributed by atoms with Gasteiger partial charge in [0.15, 0.2) is 18.3 Å². The van der Waals surface area contributed by atoms with Crippen molar-refractivity contribution in [1.82, 2.24) is 5.32 Å². The standard InChI is InChI=1S/C21H30F3NO10S/c1-11(26)31-10-15-16(32-12(2)27)17(33-13(3)28)18(34-14(4)29)19(35-15)36-9-7-5-6-8-25-20(30)21(22,23)24/h15-19H,5-10H2,1-4H3,(H,25,30)/t15-,16-,17+,18+,19-/m1/s1. The summed E-state index contributed by atoms with van der Waals surface area (Å²) < 4.78 is 63.5. The lowest BCUT2D eigenvalue weighted by atomic mass is 9.99. The zero-order valence-electron chi connectivity index (χ0n) is 20.3.